The number of rotatable bonds is 0. The number of allylic oxidation sites excluding steroid dienone is 2. The van der Waals surface area contributed by atoms with E-state index in [1.807, 2.05) is 0 Å². The predicted molar refractivity (Wildman–Crippen MR) is 46.6 cm³/mol. The monoisotopic (exact) mass is 168 g/mol. The Morgan fingerprint density at radius 1 is 1.00 bits per heavy atom. The van der Waals surface area contributed by atoms with E-state index >= 15 is 0 Å². The summed E-state index contributed by atoms with van der Waals surface area (Å²) in [4.78, 5) is 10.5. The number of hydrogen-bond acceptors (Lipinski definition) is 2. The molecular formula is C10H16O2. The fourth-order valence-electron chi connectivity index (χ4n) is 2.05. The highest BCUT2D eigenvalue weighted by atomic mass is 17.2. The van der Waals surface area contributed by atoms with Gasteiger partial charge in [0.2, 0.25) is 0 Å². The standard InChI is InChI=1S/C10H16O2/c1-2-4-7-10(6-3-1)8-5-9-11-12-10/h1-2H,3-9H2. The lowest BCUT2D eigenvalue weighted by molar-refractivity contribution is -0.386. The minimum atomic E-state index is 0.0573. The quantitative estimate of drug-likeness (QED) is 0.409. The van der Waals surface area contributed by atoms with Crippen molar-refractivity contribution in [3.63, 3.8) is 0 Å². The van der Waals surface area contributed by atoms with Crippen molar-refractivity contribution in [3.05, 3.63) is 12.2 Å². The Labute approximate surface area is 73.5 Å². The van der Waals surface area contributed by atoms with Gasteiger partial charge in [-0.15, -0.1) is 0 Å². The average molecular weight is 168 g/mol. The fourth-order valence-corrected chi connectivity index (χ4v) is 2.05. The molecule has 0 N–H and O–H groups in total. The number of hydrogen-bond donors (Lipinski definition) is 0. The molecular weight excluding hydrogens is 152 g/mol. The van der Waals surface area contributed by atoms with E-state index in [2.05, 4.69) is 12.2 Å². The average Bonchev–Trinajstić information content (AvgIpc) is 2.33. The Morgan fingerprint density at radius 2 is 1.75 bits per heavy atom. The molecule has 68 valence electrons. The zero-order chi connectivity index (χ0) is 8.28. The van der Waals surface area contributed by atoms with Gasteiger partial charge < -0.3 is 0 Å². The first-order chi connectivity index (χ1) is 5.91. The van der Waals surface area contributed by atoms with E-state index < -0.39 is 0 Å². The molecule has 1 spiro atoms. The van der Waals surface area contributed by atoms with E-state index in [9.17, 15) is 0 Å². The largest absolute Gasteiger partial charge is 0.236 e. The second kappa shape index (κ2) is 3.58. The summed E-state index contributed by atoms with van der Waals surface area (Å²) >= 11 is 0. The van der Waals surface area contributed by atoms with Crippen LogP contribution >= 0.6 is 0 Å². The first-order valence-electron chi connectivity index (χ1n) is 4.87. The molecule has 2 heteroatoms. The van der Waals surface area contributed by atoms with Crippen LogP contribution in [0.4, 0.5) is 0 Å². The molecule has 1 heterocycles. The third-order valence-corrected chi connectivity index (χ3v) is 2.80. The van der Waals surface area contributed by atoms with Crippen LogP contribution in [0, 0.1) is 0 Å². The van der Waals surface area contributed by atoms with Gasteiger partial charge in [-0.3, -0.25) is 0 Å². The summed E-state index contributed by atoms with van der Waals surface area (Å²) in [5.41, 5.74) is 0.0573. The second-order valence-electron chi connectivity index (χ2n) is 3.74. The highest BCUT2D eigenvalue weighted by Crippen LogP contribution is 2.34. The Bertz CT molecular complexity index is 157. The molecule has 0 bridgehead atoms. The summed E-state index contributed by atoms with van der Waals surface area (Å²) in [5.74, 6) is 0. The summed E-state index contributed by atoms with van der Waals surface area (Å²) < 4.78 is 0. The molecule has 0 saturated carbocycles. The van der Waals surface area contributed by atoms with Gasteiger partial charge in [0.15, 0.2) is 0 Å². The fraction of sp³-hybridized carbons (Fsp3) is 0.800. The molecule has 2 nitrogen and oxygen atoms in total. The Hall–Kier alpha value is -0.340. The van der Waals surface area contributed by atoms with Crippen molar-refractivity contribution >= 4 is 0 Å². The van der Waals surface area contributed by atoms with E-state index in [-0.39, 0.29) is 5.60 Å². The summed E-state index contributed by atoms with van der Waals surface area (Å²) in [6.45, 7) is 0.773. The van der Waals surface area contributed by atoms with Gasteiger partial charge in [0.1, 0.15) is 5.60 Å². The summed E-state index contributed by atoms with van der Waals surface area (Å²) in [7, 11) is 0. The van der Waals surface area contributed by atoms with Crippen molar-refractivity contribution in [2.24, 2.45) is 0 Å². The lowest BCUT2D eigenvalue weighted by atomic mass is 9.89. The van der Waals surface area contributed by atoms with Crippen LogP contribution in [0.25, 0.3) is 0 Å². The van der Waals surface area contributed by atoms with Crippen molar-refractivity contribution < 1.29 is 9.78 Å². The van der Waals surface area contributed by atoms with E-state index in [0.29, 0.717) is 0 Å². The third-order valence-electron chi connectivity index (χ3n) is 2.80. The normalized spacial score (nSPS) is 28.7. The molecule has 12 heavy (non-hydrogen) atoms. The lowest BCUT2D eigenvalue weighted by Gasteiger charge is -2.34. The van der Waals surface area contributed by atoms with Gasteiger partial charge in [-0.05, 0) is 38.5 Å². The van der Waals surface area contributed by atoms with Crippen LogP contribution in [0.15, 0.2) is 12.2 Å². The Morgan fingerprint density at radius 3 is 2.33 bits per heavy atom. The lowest BCUT2D eigenvalue weighted by Crippen LogP contribution is -2.36. The van der Waals surface area contributed by atoms with Crippen LogP contribution in [-0.2, 0) is 9.78 Å². The van der Waals surface area contributed by atoms with E-state index in [1.165, 1.54) is 6.42 Å². The Balaban J connectivity index is 1.98. The highest BCUT2D eigenvalue weighted by Gasteiger charge is 2.34. The minimum Gasteiger partial charge on any atom is -0.236 e. The molecule has 1 aliphatic heterocycles. The molecule has 2 rings (SSSR count). The molecule has 1 aliphatic carbocycles. The van der Waals surface area contributed by atoms with E-state index in [1.54, 1.807) is 0 Å². The Kier molecular flexibility index (Phi) is 2.47. The van der Waals surface area contributed by atoms with Crippen LogP contribution in [0.1, 0.15) is 38.5 Å². The SMILES string of the molecule is C1=CCCC2(CC1)CCCOO2. The molecule has 0 aromatic heterocycles. The van der Waals surface area contributed by atoms with Gasteiger partial charge in [-0.2, -0.15) is 0 Å². The molecule has 0 radical (unpaired) electrons. The van der Waals surface area contributed by atoms with Gasteiger partial charge in [0, 0.05) is 0 Å². The highest BCUT2D eigenvalue weighted by molar-refractivity contribution is 4.94. The molecule has 1 fully saturated rings. The second-order valence-corrected chi connectivity index (χ2v) is 3.74. The maximum atomic E-state index is 5.45. The first-order valence-corrected chi connectivity index (χ1v) is 4.87. The van der Waals surface area contributed by atoms with E-state index in [0.717, 1.165) is 38.7 Å². The van der Waals surface area contributed by atoms with Crippen LogP contribution < -0.4 is 0 Å². The maximum Gasteiger partial charge on any atom is 0.104 e. The van der Waals surface area contributed by atoms with Crippen LogP contribution in [-0.4, -0.2) is 12.2 Å². The molecule has 0 amide bonds. The van der Waals surface area contributed by atoms with Crippen molar-refractivity contribution in [1.82, 2.24) is 0 Å². The molecule has 0 unspecified atom stereocenters. The minimum absolute atomic E-state index is 0.0573. The topological polar surface area (TPSA) is 18.5 Å². The molecule has 0 aromatic carbocycles. The van der Waals surface area contributed by atoms with Gasteiger partial charge in [-0.25, -0.2) is 9.78 Å². The van der Waals surface area contributed by atoms with Gasteiger partial charge in [0.05, 0.1) is 6.61 Å². The molecule has 0 atom stereocenters. The van der Waals surface area contributed by atoms with Crippen LogP contribution in [0.5, 0.6) is 0 Å². The summed E-state index contributed by atoms with van der Waals surface area (Å²) in [6, 6.07) is 0. The molecule has 1 saturated heterocycles. The summed E-state index contributed by atoms with van der Waals surface area (Å²) in [6.07, 6.45) is 11.4. The van der Waals surface area contributed by atoms with Crippen LogP contribution in [0.3, 0.4) is 0 Å². The van der Waals surface area contributed by atoms with Crippen molar-refractivity contribution in [3.8, 4) is 0 Å². The van der Waals surface area contributed by atoms with Crippen LogP contribution in [0.2, 0.25) is 0 Å². The first kappa shape index (κ1) is 8.27. The summed E-state index contributed by atoms with van der Waals surface area (Å²) in [5, 5.41) is 0. The van der Waals surface area contributed by atoms with Gasteiger partial charge >= 0.3 is 0 Å². The third kappa shape index (κ3) is 1.70. The van der Waals surface area contributed by atoms with Crippen molar-refractivity contribution in [2.75, 3.05) is 6.61 Å². The van der Waals surface area contributed by atoms with Crippen molar-refractivity contribution in [2.45, 2.75) is 44.1 Å². The van der Waals surface area contributed by atoms with Crippen molar-refractivity contribution in [1.29, 1.82) is 0 Å². The zero-order valence-electron chi connectivity index (χ0n) is 7.42. The smallest absolute Gasteiger partial charge is 0.104 e. The maximum absolute atomic E-state index is 5.45. The van der Waals surface area contributed by atoms with Gasteiger partial charge in [-0.1, -0.05) is 12.2 Å². The van der Waals surface area contributed by atoms with E-state index in [4.69, 9.17) is 9.78 Å². The predicted octanol–water partition coefficient (Wildman–Crippen LogP) is 2.60. The molecule has 2 aliphatic rings. The zero-order valence-corrected chi connectivity index (χ0v) is 7.42. The van der Waals surface area contributed by atoms with Gasteiger partial charge in [0.25, 0.3) is 0 Å². The molecule has 0 aromatic rings.